The van der Waals surface area contributed by atoms with Crippen molar-refractivity contribution in [3.63, 3.8) is 0 Å². The van der Waals surface area contributed by atoms with Crippen LogP contribution in [0.3, 0.4) is 0 Å². The van der Waals surface area contributed by atoms with Crippen molar-refractivity contribution in [3.8, 4) is 0 Å². The molecule has 3 atom stereocenters. The van der Waals surface area contributed by atoms with Crippen molar-refractivity contribution in [1.29, 1.82) is 0 Å². The minimum Gasteiger partial charge on any atom is -0.300 e. The number of hydrogen-bond acceptors (Lipinski definition) is 1. The number of piperidine rings is 1. The van der Waals surface area contributed by atoms with E-state index in [4.69, 9.17) is 0 Å². The van der Waals surface area contributed by atoms with Gasteiger partial charge in [-0.2, -0.15) is 0 Å². The third kappa shape index (κ3) is 1.09. The summed E-state index contributed by atoms with van der Waals surface area (Å²) in [4.78, 5) is 2.61. The first-order valence-corrected chi connectivity index (χ1v) is 5.86. The lowest BCUT2D eigenvalue weighted by molar-refractivity contribution is 0.0564. The molecule has 1 aliphatic heterocycles. The van der Waals surface area contributed by atoms with E-state index in [9.17, 15) is 0 Å². The molecule has 1 saturated carbocycles. The van der Waals surface area contributed by atoms with E-state index >= 15 is 0 Å². The van der Waals surface area contributed by atoms with Crippen LogP contribution in [0.2, 0.25) is 0 Å². The van der Waals surface area contributed by atoms with E-state index in [1.165, 1.54) is 25.7 Å². The molecule has 0 aromatic carbocycles. The third-order valence-electron chi connectivity index (χ3n) is 5.16. The molecule has 0 N–H and O–H groups in total. The Kier molecular flexibility index (Phi) is 2.18. The number of fused-ring (bicyclic) bond motifs is 2. The number of hydrogen-bond donors (Lipinski definition) is 0. The summed E-state index contributed by atoms with van der Waals surface area (Å²) in [6.45, 7) is 7.19. The Morgan fingerprint density at radius 2 is 1.92 bits per heavy atom. The molecular formula is C12H23N. The molecular weight excluding hydrogens is 158 g/mol. The van der Waals surface area contributed by atoms with Gasteiger partial charge in [0.15, 0.2) is 0 Å². The standard InChI is InChI=1S/C12H23N/c1-5-12(6-2)8-10-7-11(12)9(3)13(10)4/h9-11H,5-8H2,1-4H3/t9-,10+,11+/m1/s1. The van der Waals surface area contributed by atoms with Gasteiger partial charge in [0.05, 0.1) is 0 Å². The quantitative estimate of drug-likeness (QED) is 0.633. The second-order valence-electron chi connectivity index (χ2n) is 5.18. The molecule has 1 saturated heterocycles. The van der Waals surface area contributed by atoms with E-state index < -0.39 is 0 Å². The van der Waals surface area contributed by atoms with E-state index in [1.807, 2.05) is 0 Å². The Morgan fingerprint density at radius 1 is 1.31 bits per heavy atom. The molecule has 1 nitrogen and oxygen atoms in total. The zero-order chi connectivity index (χ0) is 9.64. The van der Waals surface area contributed by atoms with Crippen LogP contribution in [0, 0.1) is 11.3 Å². The highest BCUT2D eigenvalue weighted by molar-refractivity contribution is 5.07. The first-order valence-electron chi connectivity index (χ1n) is 5.86. The van der Waals surface area contributed by atoms with Gasteiger partial charge in [-0.05, 0) is 38.1 Å². The molecule has 13 heavy (non-hydrogen) atoms. The predicted molar refractivity (Wildman–Crippen MR) is 56.8 cm³/mol. The molecule has 2 fully saturated rings. The maximum absolute atomic E-state index is 2.61. The molecule has 2 aliphatic rings. The largest absolute Gasteiger partial charge is 0.300 e. The van der Waals surface area contributed by atoms with E-state index in [0.29, 0.717) is 5.41 Å². The molecule has 0 amide bonds. The SMILES string of the molecule is CCC1(CC)C[C@@H]2C[C@H]1[C@@H](C)N2C. The summed E-state index contributed by atoms with van der Waals surface area (Å²) in [6, 6.07) is 1.73. The summed E-state index contributed by atoms with van der Waals surface area (Å²) in [5.74, 6) is 0.984. The number of likely N-dealkylation sites (tertiary alicyclic amines) is 1. The minimum atomic E-state index is 0.705. The van der Waals surface area contributed by atoms with Crippen molar-refractivity contribution >= 4 is 0 Å². The fourth-order valence-corrected chi connectivity index (χ4v) is 3.95. The lowest BCUT2D eigenvalue weighted by Crippen LogP contribution is -2.44. The number of rotatable bonds is 2. The maximum atomic E-state index is 2.61. The topological polar surface area (TPSA) is 3.24 Å². The molecule has 0 radical (unpaired) electrons. The molecule has 2 rings (SSSR count). The smallest absolute Gasteiger partial charge is 0.0104 e. The van der Waals surface area contributed by atoms with Crippen LogP contribution in [-0.2, 0) is 0 Å². The fraction of sp³-hybridized carbons (Fsp3) is 1.00. The first kappa shape index (κ1) is 9.51. The normalized spacial score (nSPS) is 42.9. The summed E-state index contributed by atoms with van der Waals surface area (Å²) >= 11 is 0. The Labute approximate surface area is 82.5 Å². The maximum Gasteiger partial charge on any atom is 0.0104 e. The van der Waals surface area contributed by atoms with Crippen LogP contribution in [0.4, 0.5) is 0 Å². The Morgan fingerprint density at radius 3 is 2.31 bits per heavy atom. The molecule has 0 aromatic heterocycles. The molecule has 0 unspecified atom stereocenters. The third-order valence-corrected chi connectivity index (χ3v) is 5.16. The average Bonchev–Trinajstić information content (AvgIpc) is 2.65. The van der Waals surface area contributed by atoms with Crippen LogP contribution in [0.15, 0.2) is 0 Å². The lowest BCUT2D eigenvalue weighted by atomic mass is 9.69. The first-order chi connectivity index (χ1) is 6.14. The van der Waals surface area contributed by atoms with Crippen molar-refractivity contribution in [1.82, 2.24) is 4.90 Å². The molecule has 1 aliphatic carbocycles. The van der Waals surface area contributed by atoms with Crippen LogP contribution < -0.4 is 0 Å². The van der Waals surface area contributed by atoms with Gasteiger partial charge in [0.25, 0.3) is 0 Å². The van der Waals surface area contributed by atoms with Crippen molar-refractivity contribution in [2.24, 2.45) is 11.3 Å². The van der Waals surface area contributed by atoms with E-state index in [2.05, 4.69) is 32.7 Å². The van der Waals surface area contributed by atoms with Crippen LogP contribution in [0.5, 0.6) is 0 Å². The van der Waals surface area contributed by atoms with E-state index in [0.717, 1.165) is 18.0 Å². The van der Waals surface area contributed by atoms with Crippen LogP contribution >= 0.6 is 0 Å². The van der Waals surface area contributed by atoms with Gasteiger partial charge in [0.2, 0.25) is 0 Å². The highest BCUT2D eigenvalue weighted by atomic mass is 15.2. The van der Waals surface area contributed by atoms with Gasteiger partial charge in [-0.1, -0.05) is 26.7 Å². The van der Waals surface area contributed by atoms with E-state index in [-0.39, 0.29) is 0 Å². The molecule has 1 heteroatoms. The van der Waals surface area contributed by atoms with Gasteiger partial charge in [-0.25, -0.2) is 0 Å². The van der Waals surface area contributed by atoms with Gasteiger partial charge in [0.1, 0.15) is 0 Å². The highest BCUT2D eigenvalue weighted by Crippen LogP contribution is 2.56. The van der Waals surface area contributed by atoms with Crippen LogP contribution in [0.1, 0.15) is 46.5 Å². The molecule has 0 spiro atoms. The monoisotopic (exact) mass is 181 g/mol. The lowest BCUT2D eigenvalue weighted by Gasteiger charge is -2.43. The Hall–Kier alpha value is -0.0400. The fourth-order valence-electron chi connectivity index (χ4n) is 3.95. The molecule has 0 aromatic rings. The summed E-state index contributed by atoms with van der Waals surface area (Å²) in [6.07, 6.45) is 5.72. The molecule has 2 bridgehead atoms. The van der Waals surface area contributed by atoms with Crippen molar-refractivity contribution in [3.05, 3.63) is 0 Å². The Balaban J connectivity index is 2.21. The second kappa shape index (κ2) is 2.98. The summed E-state index contributed by atoms with van der Waals surface area (Å²) in [5.41, 5.74) is 0.705. The summed E-state index contributed by atoms with van der Waals surface area (Å²) in [7, 11) is 2.31. The van der Waals surface area contributed by atoms with Crippen molar-refractivity contribution in [2.75, 3.05) is 7.05 Å². The van der Waals surface area contributed by atoms with Crippen molar-refractivity contribution in [2.45, 2.75) is 58.5 Å². The van der Waals surface area contributed by atoms with Crippen LogP contribution in [0.25, 0.3) is 0 Å². The summed E-state index contributed by atoms with van der Waals surface area (Å²) < 4.78 is 0. The highest BCUT2D eigenvalue weighted by Gasteiger charge is 2.54. The van der Waals surface area contributed by atoms with Crippen LogP contribution in [-0.4, -0.2) is 24.0 Å². The zero-order valence-corrected chi connectivity index (χ0v) is 9.51. The average molecular weight is 181 g/mol. The second-order valence-corrected chi connectivity index (χ2v) is 5.18. The van der Waals surface area contributed by atoms with E-state index in [1.54, 1.807) is 0 Å². The number of nitrogens with zero attached hydrogens (tertiary/aromatic N) is 1. The molecule has 76 valence electrons. The van der Waals surface area contributed by atoms with Crippen molar-refractivity contribution < 1.29 is 0 Å². The van der Waals surface area contributed by atoms with Gasteiger partial charge >= 0.3 is 0 Å². The predicted octanol–water partition coefficient (Wildman–Crippen LogP) is 2.91. The van der Waals surface area contributed by atoms with Gasteiger partial charge in [0, 0.05) is 12.1 Å². The molecule has 1 heterocycles. The van der Waals surface area contributed by atoms with Gasteiger partial charge in [-0.15, -0.1) is 0 Å². The minimum absolute atomic E-state index is 0.705. The van der Waals surface area contributed by atoms with Gasteiger partial charge < -0.3 is 4.90 Å². The van der Waals surface area contributed by atoms with Gasteiger partial charge in [-0.3, -0.25) is 0 Å². The summed E-state index contributed by atoms with van der Waals surface area (Å²) in [5, 5.41) is 0. The Bertz CT molecular complexity index is 193. The zero-order valence-electron chi connectivity index (χ0n) is 9.51.